The predicted octanol–water partition coefficient (Wildman–Crippen LogP) is 1.78. The average molecular weight is 524 g/mol. The summed E-state index contributed by atoms with van der Waals surface area (Å²) in [6.07, 6.45) is 0. The van der Waals surface area contributed by atoms with Crippen molar-refractivity contribution in [3.8, 4) is 0 Å². The molecule has 0 radical (unpaired) electrons. The van der Waals surface area contributed by atoms with Gasteiger partial charge >= 0.3 is 5.97 Å². The third kappa shape index (κ3) is 5.74. The van der Waals surface area contributed by atoms with Crippen LogP contribution in [0.1, 0.15) is 0 Å². The molecule has 0 spiro atoms. The van der Waals surface area contributed by atoms with Crippen molar-refractivity contribution in [1.82, 2.24) is 0 Å². The molecular formula is C3H2HgI2O2. The van der Waals surface area contributed by atoms with E-state index in [-0.39, 0.29) is 27.7 Å². The second kappa shape index (κ2) is 6.72. The number of halogens is 2. The molecular weight excluding hydrogens is 522 g/mol. The molecule has 0 aliphatic rings. The summed E-state index contributed by atoms with van der Waals surface area (Å²) in [6, 6.07) is 0. The maximum absolute atomic E-state index is 9.85. The Bertz CT molecular complexity index is 112. The Morgan fingerprint density at radius 3 is 2.00 bits per heavy atom. The van der Waals surface area contributed by atoms with Crippen LogP contribution in [0.3, 0.4) is 0 Å². The summed E-state index contributed by atoms with van der Waals surface area (Å²) in [6.45, 7) is 0. The van der Waals surface area contributed by atoms with E-state index in [1.165, 1.54) is 4.08 Å². The predicted molar refractivity (Wildman–Crippen MR) is 43.8 cm³/mol. The van der Waals surface area contributed by atoms with Gasteiger partial charge in [0, 0.05) is 27.7 Å². The van der Waals surface area contributed by atoms with Crippen molar-refractivity contribution in [3.63, 3.8) is 0 Å². The van der Waals surface area contributed by atoms with Gasteiger partial charge in [0.05, 0.1) is 0 Å². The van der Waals surface area contributed by atoms with E-state index in [2.05, 4.69) is 0 Å². The molecule has 1 N–H and O–H groups in total. The fourth-order valence-electron chi connectivity index (χ4n) is 0.0467. The molecule has 0 aromatic heterocycles. The molecule has 5 heteroatoms. The normalized spacial score (nSPS) is 10.0. The maximum Gasteiger partial charge on any atom is 0.342 e. The molecule has 8 heavy (non-hydrogen) atoms. The Kier molecular flexibility index (Phi) is 10.3. The molecule has 2 nitrogen and oxygen atoms in total. The summed E-state index contributed by atoms with van der Waals surface area (Å²) in [7, 11) is 0. The first-order chi connectivity index (χ1) is 3.18. The minimum atomic E-state index is -0.866. The number of rotatable bonds is 1. The van der Waals surface area contributed by atoms with E-state index >= 15 is 0 Å². The molecule has 0 rings (SSSR count). The summed E-state index contributed by atoms with van der Waals surface area (Å²) in [4.78, 5) is 9.85. The van der Waals surface area contributed by atoms with Crippen molar-refractivity contribution in [2.24, 2.45) is 0 Å². The molecule has 0 unspecified atom stereocenters. The monoisotopic (exact) mass is 526 g/mol. The summed E-state index contributed by atoms with van der Waals surface area (Å²) < 4.78 is 1.86. The van der Waals surface area contributed by atoms with Crippen LogP contribution in [0.4, 0.5) is 0 Å². The van der Waals surface area contributed by atoms with E-state index in [4.69, 9.17) is 5.11 Å². The van der Waals surface area contributed by atoms with Crippen LogP contribution >= 0.6 is 45.2 Å². The quantitative estimate of drug-likeness (QED) is 0.323. The van der Waals surface area contributed by atoms with Gasteiger partial charge in [-0.1, -0.05) is 22.6 Å². The summed E-state index contributed by atoms with van der Waals surface area (Å²) in [5.74, 6) is -0.866. The number of hydrogen-bond donors (Lipinski definition) is 1. The SMILES string of the molecule is O=C(O)C(I)=CI.[Hg]. The van der Waals surface area contributed by atoms with Crippen LogP contribution in [0.25, 0.3) is 0 Å². The molecule has 42 valence electrons. The molecule has 0 aliphatic heterocycles. The van der Waals surface area contributed by atoms with Gasteiger partial charge in [-0.3, -0.25) is 0 Å². The van der Waals surface area contributed by atoms with Gasteiger partial charge in [-0.25, -0.2) is 4.79 Å². The first-order valence-corrected chi connectivity index (χ1v) is 3.70. The van der Waals surface area contributed by atoms with E-state index in [9.17, 15) is 4.79 Å². The fraction of sp³-hybridized carbons (Fsp3) is 0. The largest absolute Gasteiger partial charge is 0.477 e. The number of hydrogen-bond acceptors (Lipinski definition) is 1. The van der Waals surface area contributed by atoms with Crippen LogP contribution in [0.2, 0.25) is 0 Å². The molecule has 0 saturated heterocycles. The van der Waals surface area contributed by atoms with Crippen LogP contribution in [0.15, 0.2) is 7.66 Å². The van der Waals surface area contributed by atoms with Crippen molar-refractivity contribution in [1.29, 1.82) is 0 Å². The van der Waals surface area contributed by atoms with E-state index in [0.29, 0.717) is 3.58 Å². The Labute approximate surface area is 94.9 Å². The van der Waals surface area contributed by atoms with Gasteiger partial charge in [0.15, 0.2) is 0 Å². The van der Waals surface area contributed by atoms with Crippen LogP contribution in [-0.2, 0) is 32.5 Å². The second-order valence-corrected chi connectivity index (χ2v) is 2.55. The Morgan fingerprint density at radius 1 is 1.62 bits per heavy atom. The minimum absolute atomic E-state index is 0. The average Bonchev–Trinajstić information content (AvgIpc) is 1.65. The molecule has 0 aromatic rings. The van der Waals surface area contributed by atoms with Crippen LogP contribution in [0.5, 0.6) is 0 Å². The Balaban J connectivity index is 0. The summed E-state index contributed by atoms with van der Waals surface area (Å²) in [5, 5.41) is 8.10. The van der Waals surface area contributed by atoms with Crippen molar-refractivity contribution >= 4 is 51.2 Å². The molecule has 0 heterocycles. The number of carboxylic acids is 1. The zero-order valence-electron chi connectivity index (χ0n) is 3.90. The van der Waals surface area contributed by atoms with Crippen molar-refractivity contribution in [2.75, 3.05) is 0 Å². The van der Waals surface area contributed by atoms with Gasteiger partial charge in [-0.05, 0) is 26.7 Å². The van der Waals surface area contributed by atoms with E-state index in [0.717, 1.165) is 0 Å². The van der Waals surface area contributed by atoms with E-state index in [1.807, 2.05) is 22.6 Å². The van der Waals surface area contributed by atoms with Gasteiger partial charge in [0.2, 0.25) is 0 Å². The third-order valence-corrected chi connectivity index (χ3v) is 2.89. The second-order valence-electron chi connectivity index (χ2n) is 0.762. The van der Waals surface area contributed by atoms with Crippen molar-refractivity contribution in [2.45, 2.75) is 0 Å². The number of carbonyl (C=O) groups is 1. The first kappa shape index (κ1) is 12.3. The number of aliphatic carboxylic acids is 1. The molecule has 0 aliphatic carbocycles. The van der Waals surface area contributed by atoms with Crippen molar-refractivity contribution in [3.05, 3.63) is 7.66 Å². The first-order valence-electron chi connectivity index (χ1n) is 1.37. The minimum Gasteiger partial charge on any atom is -0.477 e. The fourth-order valence-corrected chi connectivity index (χ4v) is 0.313. The van der Waals surface area contributed by atoms with Gasteiger partial charge in [-0.15, -0.1) is 0 Å². The zero-order valence-corrected chi connectivity index (χ0v) is 13.7. The van der Waals surface area contributed by atoms with Crippen LogP contribution < -0.4 is 0 Å². The van der Waals surface area contributed by atoms with Crippen LogP contribution in [-0.4, -0.2) is 11.1 Å². The van der Waals surface area contributed by atoms with Gasteiger partial charge in [0.25, 0.3) is 0 Å². The van der Waals surface area contributed by atoms with Gasteiger partial charge < -0.3 is 5.11 Å². The smallest absolute Gasteiger partial charge is 0.342 e. The summed E-state index contributed by atoms with van der Waals surface area (Å²) in [5.41, 5.74) is 0. The Hall–Kier alpha value is 1.61. The standard InChI is InChI=1S/C3H2I2O2.Hg/c4-1-2(5)3(6)7;/h1H,(H,6,7);. The van der Waals surface area contributed by atoms with Crippen LogP contribution in [0, 0.1) is 0 Å². The maximum atomic E-state index is 9.85. The van der Waals surface area contributed by atoms with E-state index in [1.54, 1.807) is 22.6 Å². The zero-order chi connectivity index (χ0) is 5.86. The molecule has 0 bridgehead atoms. The Morgan fingerprint density at radius 2 is 2.00 bits per heavy atom. The molecule has 0 atom stereocenters. The van der Waals surface area contributed by atoms with Crippen molar-refractivity contribution < 1.29 is 37.6 Å². The van der Waals surface area contributed by atoms with Gasteiger partial charge in [0.1, 0.15) is 3.58 Å². The number of carboxylic acid groups (broad SMARTS) is 1. The topological polar surface area (TPSA) is 37.3 Å². The summed E-state index contributed by atoms with van der Waals surface area (Å²) >= 11 is 3.63. The molecule has 0 saturated carbocycles. The van der Waals surface area contributed by atoms with E-state index < -0.39 is 5.97 Å². The molecule has 0 fully saturated rings. The third-order valence-electron chi connectivity index (χ3n) is 0.300. The molecule has 0 amide bonds. The molecule has 0 aromatic carbocycles. The van der Waals surface area contributed by atoms with Gasteiger partial charge in [-0.2, -0.15) is 0 Å².